The highest BCUT2D eigenvalue weighted by atomic mass is 31.2. The van der Waals surface area contributed by atoms with Crippen molar-refractivity contribution in [2.24, 2.45) is 0 Å². The second kappa shape index (κ2) is 9.55. The second-order valence-electron chi connectivity index (χ2n) is 3.13. The maximum Gasteiger partial charge on any atom is 0.492 e. The first-order chi connectivity index (χ1) is 9.97. The molecule has 0 heterocycles. The van der Waals surface area contributed by atoms with Gasteiger partial charge in [0, 0.05) is 0 Å². The van der Waals surface area contributed by atoms with E-state index in [1.165, 1.54) is 20.8 Å². The first-order valence-electron chi connectivity index (χ1n) is 5.78. The lowest BCUT2D eigenvalue weighted by Gasteiger charge is -2.23. The zero-order valence-electron chi connectivity index (χ0n) is 11.9. The van der Waals surface area contributed by atoms with Crippen LogP contribution in [-0.4, -0.2) is 39.9 Å². The molecular weight excluding hydrogens is 371 g/mol. The predicted octanol–water partition coefficient (Wildman–Crippen LogP) is 1.49. The Morgan fingerprint density at radius 1 is 0.682 bits per heavy atom. The number of phosphoric ester groups is 3. The molecule has 0 aliphatic carbocycles. The lowest BCUT2D eigenvalue weighted by Crippen LogP contribution is -2.23. The van der Waals surface area contributed by atoms with Crippen LogP contribution in [0.1, 0.15) is 20.8 Å². The number of hydrogen-bond donors (Lipinski definition) is 3. The molecule has 0 saturated heterocycles. The van der Waals surface area contributed by atoms with E-state index in [0.29, 0.717) is 0 Å². The van der Waals surface area contributed by atoms with Crippen LogP contribution in [0.5, 0.6) is 0 Å². The summed E-state index contributed by atoms with van der Waals surface area (Å²) in [4.78, 5) is 27.7. The third kappa shape index (κ3) is 10.1. The van der Waals surface area contributed by atoms with E-state index in [2.05, 4.69) is 27.4 Å². The summed E-state index contributed by atoms with van der Waals surface area (Å²) < 4.78 is 59.3. The average molecular weight is 389 g/mol. The highest BCUT2D eigenvalue weighted by molar-refractivity contribution is 7.48. The lowest BCUT2D eigenvalue weighted by molar-refractivity contribution is -0.427. The molecule has 22 heavy (non-hydrogen) atoms. The molecule has 3 atom stereocenters. The smallest absolute Gasteiger partial charge is 0.301 e. The Labute approximate surface area is 126 Å². The van der Waals surface area contributed by atoms with Gasteiger partial charge in [-0.1, -0.05) is 0 Å². The summed E-state index contributed by atoms with van der Waals surface area (Å²) in [5.74, 6) is 0. The van der Waals surface area contributed by atoms with E-state index in [4.69, 9.17) is 0 Å². The van der Waals surface area contributed by atoms with Crippen molar-refractivity contribution in [1.82, 2.24) is 5.39 Å². The van der Waals surface area contributed by atoms with Crippen LogP contribution in [0.2, 0.25) is 0 Å². The van der Waals surface area contributed by atoms with Crippen LogP contribution in [0.15, 0.2) is 0 Å². The van der Waals surface area contributed by atoms with E-state index in [9.17, 15) is 28.4 Å². The number of nitrogens with zero attached hydrogens (tertiary/aromatic N) is 1. The first-order valence-corrected chi connectivity index (χ1v) is 10.3. The van der Waals surface area contributed by atoms with Gasteiger partial charge in [0.1, 0.15) is 5.39 Å². The fourth-order valence-corrected chi connectivity index (χ4v) is 2.84. The molecule has 0 bridgehead atoms. The largest absolute Gasteiger partial charge is 0.492 e. The van der Waals surface area contributed by atoms with Gasteiger partial charge < -0.3 is 14.7 Å². The minimum atomic E-state index is -4.86. The molecule has 0 rings (SSSR count). The van der Waals surface area contributed by atoms with Crippen molar-refractivity contribution >= 4 is 23.5 Å². The summed E-state index contributed by atoms with van der Waals surface area (Å²) in [6.07, 6.45) is 0. The molecule has 16 heteroatoms. The van der Waals surface area contributed by atoms with Crippen LogP contribution in [0.4, 0.5) is 0 Å². The van der Waals surface area contributed by atoms with Crippen LogP contribution in [0.3, 0.4) is 0 Å². The molecule has 0 aromatic rings. The van der Waals surface area contributed by atoms with Gasteiger partial charge in [0.15, 0.2) is 0 Å². The van der Waals surface area contributed by atoms with Gasteiger partial charge in [-0.25, -0.2) is 13.7 Å². The fourth-order valence-electron chi connectivity index (χ4n) is 0.858. The van der Waals surface area contributed by atoms with E-state index < -0.39 is 28.9 Å². The quantitative estimate of drug-likeness (QED) is 0.324. The molecule has 0 aromatic heterocycles. The van der Waals surface area contributed by atoms with E-state index in [-0.39, 0.29) is 19.8 Å². The highest BCUT2D eigenvalue weighted by Crippen LogP contribution is 2.53. The van der Waals surface area contributed by atoms with Crippen LogP contribution < -0.4 is 0 Å². The Hall–Kier alpha value is 0.290. The predicted molar refractivity (Wildman–Crippen MR) is 69.4 cm³/mol. The van der Waals surface area contributed by atoms with Gasteiger partial charge in [0.2, 0.25) is 0 Å². The van der Waals surface area contributed by atoms with Crippen LogP contribution in [0.25, 0.3) is 0 Å². The minimum Gasteiger partial charge on any atom is -0.301 e. The lowest BCUT2D eigenvalue weighted by atomic mass is 10.9. The maximum atomic E-state index is 11.4. The van der Waals surface area contributed by atoms with Crippen molar-refractivity contribution in [2.75, 3.05) is 19.8 Å². The third-order valence-corrected chi connectivity index (χ3v) is 4.16. The Bertz CT molecular complexity index is 403. The molecule has 0 aromatic carbocycles. The zero-order chi connectivity index (χ0) is 17.4. The van der Waals surface area contributed by atoms with E-state index in [1.807, 2.05) is 0 Å². The van der Waals surface area contributed by atoms with Crippen LogP contribution in [-0.2, 0) is 41.1 Å². The maximum absolute atomic E-state index is 11.4. The normalized spacial score (nSPS) is 20.3. The first kappa shape index (κ1) is 22.3. The van der Waals surface area contributed by atoms with Gasteiger partial charge >= 0.3 is 23.5 Å². The second-order valence-corrected chi connectivity index (χ2v) is 7.20. The van der Waals surface area contributed by atoms with E-state index in [1.54, 1.807) is 0 Å². The number of hydrogen-bond acceptors (Lipinski definition) is 10. The molecule has 0 radical (unpaired) electrons. The summed E-state index contributed by atoms with van der Waals surface area (Å²) in [6, 6.07) is 0. The molecule has 3 unspecified atom stereocenters. The van der Waals surface area contributed by atoms with E-state index >= 15 is 0 Å². The Kier molecular flexibility index (Phi) is 9.68. The average Bonchev–Trinajstić information content (AvgIpc) is 2.25. The molecule has 0 saturated carbocycles. The highest BCUT2D eigenvalue weighted by Gasteiger charge is 2.38. The van der Waals surface area contributed by atoms with Crippen molar-refractivity contribution in [3.63, 3.8) is 0 Å². The summed E-state index contributed by atoms with van der Waals surface area (Å²) in [5, 5.41) is -0.636. The summed E-state index contributed by atoms with van der Waals surface area (Å²) in [5.41, 5.74) is 0. The van der Waals surface area contributed by atoms with Gasteiger partial charge in [-0.2, -0.15) is 0 Å². The van der Waals surface area contributed by atoms with Crippen LogP contribution >= 0.6 is 23.5 Å². The van der Waals surface area contributed by atoms with E-state index in [0.717, 1.165) is 0 Å². The van der Waals surface area contributed by atoms with Gasteiger partial charge in [-0.15, -0.1) is 13.9 Å². The Morgan fingerprint density at radius 3 is 1.09 bits per heavy atom. The summed E-state index contributed by atoms with van der Waals surface area (Å²) in [6.45, 7) is 3.16. The van der Waals surface area contributed by atoms with Gasteiger partial charge in [-0.3, -0.25) is 13.6 Å². The zero-order valence-corrected chi connectivity index (χ0v) is 14.6. The molecule has 0 fully saturated rings. The van der Waals surface area contributed by atoms with Crippen molar-refractivity contribution in [2.45, 2.75) is 20.8 Å². The van der Waals surface area contributed by atoms with Crippen molar-refractivity contribution in [3.05, 3.63) is 0 Å². The molecule has 0 aliphatic heterocycles. The van der Waals surface area contributed by atoms with Crippen molar-refractivity contribution in [3.8, 4) is 0 Å². The van der Waals surface area contributed by atoms with Crippen molar-refractivity contribution < 1.29 is 55.8 Å². The molecule has 3 N–H and O–H groups in total. The summed E-state index contributed by atoms with van der Waals surface area (Å²) in [7, 11) is -14.6. The summed E-state index contributed by atoms with van der Waals surface area (Å²) >= 11 is 0. The Balaban J connectivity index is 5.11. The van der Waals surface area contributed by atoms with Gasteiger partial charge in [-0.05, 0) is 20.8 Å². The molecule has 13 nitrogen and oxygen atoms in total. The van der Waals surface area contributed by atoms with Gasteiger partial charge in [0.05, 0.1) is 19.8 Å². The minimum absolute atomic E-state index is 0.286. The van der Waals surface area contributed by atoms with Crippen LogP contribution in [0, 0.1) is 0 Å². The van der Waals surface area contributed by atoms with Crippen molar-refractivity contribution in [1.29, 1.82) is 0 Å². The van der Waals surface area contributed by atoms with Gasteiger partial charge in [0.25, 0.3) is 0 Å². The fraction of sp³-hybridized carbons (Fsp3) is 1.00. The Morgan fingerprint density at radius 2 is 0.909 bits per heavy atom. The number of rotatable bonds is 12. The molecular formula is C6H18NO12P3. The monoisotopic (exact) mass is 389 g/mol. The number of phosphoric acid groups is 3. The molecule has 0 aliphatic rings. The third-order valence-electron chi connectivity index (χ3n) is 1.39. The molecule has 134 valence electrons. The standard InChI is InChI=1S/C6H18NO12P3/c1-4-14-20(8,9)17-7(18-21(10,11)15-5-2)19-22(12,13)16-6-3/h4-6H2,1-3H3,(H,8,9)(H,10,11)(H,12,13). The SMILES string of the molecule is CCOP(=O)(O)ON(OP(=O)(O)OCC)OP(=O)(O)OCC. The molecule has 0 amide bonds. The molecule has 0 spiro atoms. The topological polar surface area (TPSA) is 171 Å².